The first-order chi connectivity index (χ1) is 11.7. The van der Waals surface area contributed by atoms with Gasteiger partial charge in [0.1, 0.15) is 10.8 Å². The van der Waals surface area contributed by atoms with E-state index >= 15 is 0 Å². The number of carbonyl (C=O) groups is 1. The lowest BCUT2D eigenvalue weighted by molar-refractivity contribution is 0.0596. The molecule has 0 spiro atoms. The van der Waals surface area contributed by atoms with Gasteiger partial charge < -0.3 is 9.47 Å². The summed E-state index contributed by atoms with van der Waals surface area (Å²) < 4.78 is 10.1. The summed E-state index contributed by atoms with van der Waals surface area (Å²) in [5.74, 6) is 1.16. The smallest absolute Gasteiger partial charge is 0.340 e. The van der Waals surface area contributed by atoms with Crippen LogP contribution in [0.2, 0.25) is 0 Å². The highest BCUT2D eigenvalue weighted by Crippen LogP contribution is 2.28. The molecule has 0 N–H and O–H groups in total. The van der Waals surface area contributed by atoms with Crippen LogP contribution in [0.5, 0.6) is 5.75 Å². The van der Waals surface area contributed by atoms with Crippen molar-refractivity contribution < 1.29 is 14.3 Å². The van der Waals surface area contributed by atoms with Gasteiger partial charge in [-0.1, -0.05) is 30.3 Å². The normalized spacial score (nSPS) is 10.6. The van der Waals surface area contributed by atoms with E-state index in [9.17, 15) is 4.79 Å². The van der Waals surface area contributed by atoms with Gasteiger partial charge in [0.15, 0.2) is 0 Å². The minimum Gasteiger partial charge on any atom is -0.497 e. The SMILES string of the molecule is COC(=O)c1cc2ccccc2nc1SCc1ccc(OC)cc1. The summed E-state index contributed by atoms with van der Waals surface area (Å²) in [4.78, 5) is 16.7. The number of carbonyl (C=O) groups excluding carboxylic acids is 1. The highest BCUT2D eigenvalue weighted by molar-refractivity contribution is 7.98. The van der Waals surface area contributed by atoms with E-state index in [1.807, 2.05) is 54.6 Å². The molecule has 4 nitrogen and oxygen atoms in total. The molecule has 3 aromatic rings. The van der Waals surface area contributed by atoms with Crippen molar-refractivity contribution in [2.24, 2.45) is 0 Å². The Morgan fingerprint density at radius 3 is 2.54 bits per heavy atom. The summed E-state index contributed by atoms with van der Waals surface area (Å²) >= 11 is 1.52. The number of aromatic nitrogens is 1. The number of pyridine rings is 1. The van der Waals surface area contributed by atoms with Crippen LogP contribution >= 0.6 is 11.8 Å². The Morgan fingerprint density at radius 1 is 1.08 bits per heavy atom. The first-order valence-corrected chi connectivity index (χ1v) is 8.43. The first-order valence-electron chi connectivity index (χ1n) is 7.45. The molecule has 2 aromatic carbocycles. The number of fused-ring (bicyclic) bond motifs is 1. The summed E-state index contributed by atoms with van der Waals surface area (Å²) in [7, 11) is 3.03. The average molecular weight is 339 g/mol. The van der Waals surface area contributed by atoms with Crippen LogP contribution in [0.25, 0.3) is 10.9 Å². The molecule has 0 aliphatic heterocycles. The fourth-order valence-electron chi connectivity index (χ4n) is 2.34. The maximum absolute atomic E-state index is 12.1. The summed E-state index contributed by atoms with van der Waals surface area (Å²) in [5.41, 5.74) is 2.49. The van der Waals surface area contributed by atoms with Crippen LogP contribution in [0.4, 0.5) is 0 Å². The maximum atomic E-state index is 12.1. The molecule has 0 aliphatic carbocycles. The van der Waals surface area contributed by atoms with E-state index in [-0.39, 0.29) is 5.97 Å². The third kappa shape index (κ3) is 3.51. The molecule has 0 radical (unpaired) electrons. The predicted octanol–water partition coefficient (Wildman–Crippen LogP) is 4.32. The number of hydrogen-bond acceptors (Lipinski definition) is 5. The van der Waals surface area contributed by atoms with Gasteiger partial charge in [-0.25, -0.2) is 9.78 Å². The summed E-state index contributed by atoms with van der Waals surface area (Å²) in [6.45, 7) is 0. The molecule has 24 heavy (non-hydrogen) atoms. The molecule has 0 unspecified atom stereocenters. The van der Waals surface area contributed by atoms with Crippen molar-refractivity contribution in [2.75, 3.05) is 14.2 Å². The fourth-order valence-corrected chi connectivity index (χ4v) is 3.29. The molecule has 0 bridgehead atoms. The van der Waals surface area contributed by atoms with Crippen molar-refractivity contribution >= 4 is 28.6 Å². The molecular weight excluding hydrogens is 322 g/mol. The molecule has 1 aromatic heterocycles. The number of ether oxygens (including phenoxy) is 2. The van der Waals surface area contributed by atoms with E-state index in [2.05, 4.69) is 4.98 Å². The lowest BCUT2D eigenvalue weighted by Crippen LogP contribution is -2.05. The van der Waals surface area contributed by atoms with Crippen molar-refractivity contribution in [3.63, 3.8) is 0 Å². The van der Waals surface area contributed by atoms with Gasteiger partial charge >= 0.3 is 5.97 Å². The van der Waals surface area contributed by atoms with E-state index in [0.29, 0.717) is 16.3 Å². The molecule has 5 heteroatoms. The lowest BCUT2D eigenvalue weighted by atomic mass is 10.1. The van der Waals surface area contributed by atoms with Crippen LogP contribution in [0.15, 0.2) is 59.6 Å². The Morgan fingerprint density at radius 2 is 1.83 bits per heavy atom. The zero-order valence-electron chi connectivity index (χ0n) is 13.5. The Labute approximate surface area is 144 Å². The summed E-state index contributed by atoms with van der Waals surface area (Å²) in [6, 6.07) is 17.4. The van der Waals surface area contributed by atoms with E-state index in [0.717, 1.165) is 22.2 Å². The topological polar surface area (TPSA) is 48.4 Å². The van der Waals surface area contributed by atoms with Crippen LogP contribution in [0, 0.1) is 0 Å². The number of esters is 1. The Bertz CT molecular complexity index is 862. The number of methoxy groups -OCH3 is 2. The van der Waals surface area contributed by atoms with Crippen molar-refractivity contribution in [2.45, 2.75) is 10.8 Å². The quantitative estimate of drug-likeness (QED) is 0.512. The second-order valence-corrected chi connectivity index (χ2v) is 6.13. The number of para-hydroxylation sites is 1. The van der Waals surface area contributed by atoms with E-state index in [4.69, 9.17) is 9.47 Å². The molecule has 0 aliphatic rings. The minimum absolute atomic E-state index is 0.370. The highest BCUT2D eigenvalue weighted by atomic mass is 32.2. The molecule has 3 rings (SSSR count). The van der Waals surface area contributed by atoms with Crippen LogP contribution < -0.4 is 4.74 Å². The van der Waals surface area contributed by atoms with Crippen molar-refractivity contribution in [1.82, 2.24) is 4.98 Å². The third-order valence-electron chi connectivity index (χ3n) is 3.63. The zero-order chi connectivity index (χ0) is 16.9. The lowest BCUT2D eigenvalue weighted by Gasteiger charge is -2.09. The number of thioether (sulfide) groups is 1. The zero-order valence-corrected chi connectivity index (χ0v) is 14.3. The monoisotopic (exact) mass is 339 g/mol. The van der Waals surface area contributed by atoms with Gasteiger partial charge in [0.2, 0.25) is 0 Å². The number of benzene rings is 2. The minimum atomic E-state index is -0.370. The average Bonchev–Trinajstić information content (AvgIpc) is 2.65. The molecule has 0 fully saturated rings. The van der Waals surface area contributed by atoms with Gasteiger partial charge in [-0.2, -0.15) is 0 Å². The number of hydrogen-bond donors (Lipinski definition) is 0. The van der Waals surface area contributed by atoms with Crippen LogP contribution in [0.3, 0.4) is 0 Å². The number of rotatable bonds is 5. The van der Waals surface area contributed by atoms with Gasteiger partial charge in [-0.05, 0) is 29.8 Å². The van der Waals surface area contributed by atoms with Gasteiger partial charge in [0.25, 0.3) is 0 Å². The van der Waals surface area contributed by atoms with Gasteiger partial charge in [-0.3, -0.25) is 0 Å². The standard InChI is InChI=1S/C19H17NO3S/c1-22-15-9-7-13(8-10-15)12-24-18-16(19(21)23-2)11-14-5-3-4-6-17(14)20-18/h3-11H,12H2,1-2H3. The van der Waals surface area contributed by atoms with Crippen molar-refractivity contribution in [3.05, 3.63) is 65.7 Å². The summed E-state index contributed by atoms with van der Waals surface area (Å²) in [6.07, 6.45) is 0. The third-order valence-corrected chi connectivity index (χ3v) is 4.69. The van der Waals surface area contributed by atoms with E-state index in [1.165, 1.54) is 18.9 Å². The van der Waals surface area contributed by atoms with Gasteiger partial charge in [0.05, 0.1) is 25.3 Å². The molecule has 1 heterocycles. The van der Waals surface area contributed by atoms with E-state index < -0.39 is 0 Å². The molecule has 0 atom stereocenters. The van der Waals surface area contributed by atoms with Crippen LogP contribution in [-0.4, -0.2) is 25.2 Å². The van der Waals surface area contributed by atoms with Gasteiger partial charge in [-0.15, -0.1) is 11.8 Å². The number of nitrogens with zero attached hydrogens (tertiary/aromatic N) is 1. The predicted molar refractivity (Wildman–Crippen MR) is 95.6 cm³/mol. The van der Waals surface area contributed by atoms with Crippen molar-refractivity contribution in [1.29, 1.82) is 0 Å². The molecule has 122 valence electrons. The molecule has 0 saturated heterocycles. The van der Waals surface area contributed by atoms with Gasteiger partial charge in [0, 0.05) is 11.1 Å². The molecular formula is C19H17NO3S. The van der Waals surface area contributed by atoms with E-state index in [1.54, 1.807) is 7.11 Å². The Kier molecular flexibility index (Phi) is 5.01. The molecule has 0 saturated carbocycles. The second-order valence-electron chi connectivity index (χ2n) is 5.16. The summed E-state index contributed by atoms with van der Waals surface area (Å²) in [5, 5.41) is 1.60. The van der Waals surface area contributed by atoms with Crippen LogP contribution in [-0.2, 0) is 10.5 Å². The largest absolute Gasteiger partial charge is 0.497 e. The Balaban J connectivity index is 1.89. The first kappa shape index (κ1) is 16.3. The molecule has 0 amide bonds. The van der Waals surface area contributed by atoms with Crippen LogP contribution in [0.1, 0.15) is 15.9 Å². The highest BCUT2D eigenvalue weighted by Gasteiger charge is 2.15. The fraction of sp³-hybridized carbons (Fsp3) is 0.158. The second kappa shape index (κ2) is 7.36. The van der Waals surface area contributed by atoms with Crippen molar-refractivity contribution in [3.8, 4) is 5.75 Å². The Hall–Kier alpha value is -2.53. The maximum Gasteiger partial charge on any atom is 0.340 e.